The molecule has 0 bridgehead atoms. The number of carboxylic acids is 2. The molecule has 0 aliphatic carbocycles. The molecular formula is C25H48N4O6-2. The molecule has 0 spiro atoms. The molecule has 206 valence electrons. The molecule has 0 rings (SSSR count). The highest BCUT2D eigenvalue weighted by Crippen LogP contribution is 2.05. The van der Waals surface area contributed by atoms with Crippen molar-refractivity contribution < 1.29 is 29.4 Å². The average molecular weight is 501 g/mol. The van der Waals surface area contributed by atoms with E-state index in [9.17, 15) is 29.4 Å². The van der Waals surface area contributed by atoms with Gasteiger partial charge in [-0.15, -0.1) is 0 Å². The van der Waals surface area contributed by atoms with Crippen LogP contribution in [0.3, 0.4) is 0 Å². The van der Waals surface area contributed by atoms with Gasteiger partial charge in [0, 0.05) is 38.0 Å². The number of amides is 2. The van der Waals surface area contributed by atoms with Crippen molar-refractivity contribution in [3.63, 3.8) is 0 Å². The van der Waals surface area contributed by atoms with Gasteiger partial charge in [-0.2, -0.15) is 0 Å². The van der Waals surface area contributed by atoms with Crippen LogP contribution in [0.4, 0.5) is 0 Å². The molecule has 0 saturated carbocycles. The van der Waals surface area contributed by atoms with Crippen LogP contribution in [0, 0.1) is 11.8 Å². The van der Waals surface area contributed by atoms with Crippen LogP contribution in [0.1, 0.15) is 87.5 Å². The summed E-state index contributed by atoms with van der Waals surface area (Å²) in [5.41, 5.74) is 0. The number of rotatable bonds is 17. The molecule has 2 amide bonds. The maximum atomic E-state index is 11.6. The monoisotopic (exact) mass is 500 g/mol. The highest BCUT2D eigenvalue weighted by Gasteiger charge is 2.16. The minimum absolute atomic E-state index is 0.000740. The number of unbranched alkanes of at least 4 members (excludes halogenated alkanes) is 1. The van der Waals surface area contributed by atoms with Crippen LogP contribution < -0.4 is 31.5 Å². The molecule has 0 fully saturated rings. The van der Waals surface area contributed by atoms with E-state index in [4.69, 9.17) is 0 Å². The Morgan fingerprint density at radius 2 is 1.06 bits per heavy atom. The van der Waals surface area contributed by atoms with Crippen molar-refractivity contribution in [3.8, 4) is 0 Å². The van der Waals surface area contributed by atoms with Crippen molar-refractivity contribution in [1.82, 2.24) is 21.3 Å². The van der Waals surface area contributed by atoms with E-state index in [0.717, 1.165) is 19.3 Å². The fourth-order valence-electron chi connectivity index (χ4n) is 2.96. The predicted molar refractivity (Wildman–Crippen MR) is 133 cm³/mol. The molecule has 0 aromatic heterocycles. The third-order valence-electron chi connectivity index (χ3n) is 4.66. The Hall–Kier alpha value is -2.20. The van der Waals surface area contributed by atoms with Crippen LogP contribution in [0.25, 0.3) is 0 Å². The van der Waals surface area contributed by atoms with Crippen LogP contribution in [0.15, 0.2) is 0 Å². The summed E-state index contributed by atoms with van der Waals surface area (Å²) in [7, 11) is 0. The molecule has 35 heavy (non-hydrogen) atoms. The molecule has 0 aromatic carbocycles. The van der Waals surface area contributed by atoms with Crippen LogP contribution in [-0.4, -0.2) is 61.0 Å². The lowest BCUT2D eigenvalue weighted by Gasteiger charge is -2.21. The van der Waals surface area contributed by atoms with Crippen LogP contribution in [0.2, 0.25) is 0 Å². The molecule has 2 unspecified atom stereocenters. The Balaban J connectivity index is 0. The van der Waals surface area contributed by atoms with Crippen molar-refractivity contribution in [2.24, 2.45) is 11.8 Å². The van der Waals surface area contributed by atoms with E-state index in [2.05, 4.69) is 35.1 Å². The minimum Gasteiger partial charge on any atom is -0.548 e. The van der Waals surface area contributed by atoms with Crippen molar-refractivity contribution in [1.29, 1.82) is 0 Å². The first kappa shape index (κ1) is 35.0. The van der Waals surface area contributed by atoms with E-state index in [1.165, 1.54) is 0 Å². The second kappa shape index (κ2) is 20.0. The Morgan fingerprint density at radius 3 is 1.40 bits per heavy atom. The lowest BCUT2D eigenvalue weighted by atomic mass is 10.1. The number of carboxylic acid groups (broad SMARTS) is 2. The van der Waals surface area contributed by atoms with Crippen molar-refractivity contribution >= 4 is 23.8 Å². The van der Waals surface area contributed by atoms with Crippen LogP contribution >= 0.6 is 0 Å². The van der Waals surface area contributed by atoms with Gasteiger partial charge in [-0.1, -0.05) is 68.2 Å². The molecule has 2 atom stereocenters. The third kappa shape index (κ3) is 23.3. The molecular weight excluding hydrogens is 452 g/mol. The van der Waals surface area contributed by atoms with Crippen molar-refractivity contribution in [2.45, 2.75) is 112 Å². The highest BCUT2D eigenvalue weighted by molar-refractivity contribution is 5.84. The maximum absolute atomic E-state index is 11.6. The molecule has 0 aliphatic heterocycles. The van der Waals surface area contributed by atoms with Gasteiger partial charge in [0.25, 0.3) is 0 Å². The second-order valence-electron chi connectivity index (χ2n) is 10.2. The SMILES string of the molecule is CC(C)CCCCNC(=O)CC(NC(C)C)C(=O)[O-].CC(C)CNC(=O)CC(NC(C)C)C(=O)[O-]. The van der Waals surface area contributed by atoms with Gasteiger partial charge in [-0.25, -0.2) is 0 Å². The van der Waals surface area contributed by atoms with Gasteiger partial charge in [0.2, 0.25) is 11.8 Å². The quantitative estimate of drug-likeness (QED) is 0.198. The summed E-state index contributed by atoms with van der Waals surface area (Å²) in [6.07, 6.45) is 2.98. The molecule has 4 N–H and O–H groups in total. The summed E-state index contributed by atoms with van der Waals surface area (Å²) in [6, 6.07) is -1.84. The molecule has 0 heterocycles. The topological polar surface area (TPSA) is 163 Å². The standard InChI is InChI=1S/C14H28N2O3.C11H22N2O3/c1-10(2)7-5-6-8-15-13(17)9-12(14(18)19)16-11(3)4;1-7(2)6-12-10(14)5-9(11(15)16)13-8(3)4/h10-12,16H,5-9H2,1-4H3,(H,15,17)(H,18,19);7-9,13H,5-6H2,1-4H3,(H,12,14)(H,15,16)/p-2. The number of carbonyl (C=O) groups is 4. The van der Waals surface area contributed by atoms with Crippen LogP contribution in [0.5, 0.6) is 0 Å². The van der Waals surface area contributed by atoms with Gasteiger partial charge in [0.15, 0.2) is 0 Å². The molecule has 0 radical (unpaired) electrons. The summed E-state index contributed by atoms with van der Waals surface area (Å²) < 4.78 is 0. The average Bonchev–Trinajstić information content (AvgIpc) is 2.70. The van der Waals surface area contributed by atoms with E-state index in [-0.39, 0.29) is 36.7 Å². The van der Waals surface area contributed by atoms with E-state index < -0.39 is 24.0 Å². The highest BCUT2D eigenvalue weighted by atomic mass is 16.4. The number of nitrogens with one attached hydrogen (secondary N) is 4. The smallest absolute Gasteiger partial charge is 0.221 e. The first-order valence-electron chi connectivity index (χ1n) is 12.6. The first-order valence-corrected chi connectivity index (χ1v) is 12.6. The molecule has 10 nitrogen and oxygen atoms in total. The van der Waals surface area contributed by atoms with Gasteiger partial charge < -0.3 is 41.1 Å². The second-order valence-corrected chi connectivity index (χ2v) is 10.2. The minimum atomic E-state index is -1.24. The Kier molecular flexibility index (Phi) is 20.0. The molecule has 0 aliphatic rings. The summed E-state index contributed by atoms with van der Waals surface area (Å²) >= 11 is 0. The number of aliphatic carboxylic acids is 2. The molecule has 0 saturated heterocycles. The molecule has 10 heteroatoms. The Bertz CT molecular complexity index is 623. The van der Waals surface area contributed by atoms with Gasteiger partial charge >= 0.3 is 0 Å². The van der Waals surface area contributed by atoms with E-state index in [0.29, 0.717) is 24.9 Å². The molecule has 0 aromatic rings. The van der Waals surface area contributed by atoms with Crippen molar-refractivity contribution in [2.75, 3.05) is 13.1 Å². The fraction of sp³-hybridized carbons (Fsp3) is 0.840. The Labute approximate surface area is 211 Å². The van der Waals surface area contributed by atoms with Gasteiger partial charge in [-0.3, -0.25) is 9.59 Å². The van der Waals surface area contributed by atoms with E-state index in [1.54, 1.807) is 0 Å². The zero-order chi connectivity index (χ0) is 27.6. The zero-order valence-electron chi connectivity index (χ0n) is 22.9. The summed E-state index contributed by atoms with van der Waals surface area (Å²) in [6.45, 7) is 16.8. The summed E-state index contributed by atoms with van der Waals surface area (Å²) in [4.78, 5) is 44.6. The Morgan fingerprint density at radius 1 is 0.629 bits per heavy atom. The fourth-order valence-corrected chi connectivity index (χ4v) is 2.96. The van der Waals surface area contributed by atoms with Gasteiger partial charge in [-0.05, 0) is 18.3 Å². The third-order valence-corrected chi connectivity index (χ3v) is 4.66. The van der Waals surface area contributed by atoms with Gasteiger partial charge in [0.05, 0.1) is 24.0 Å². The largest absolute Gasteiger partial charge is 0.548 e. The lowest BCUT2D eigenvalue weighted by molar-refractivity contribution is -0.309. The lowest BCUT2D eigenvalue weighted by Crippen LogP contribution is -2.50. The maximum Gasteiger partial charge on any atom is 0.221 e. The number of hydrogen-bond donors (Lipinski definition) is 4. The normalized spacial score (nSPS) is 12.8. The number of carbonyl (C=O) groups excluding carboxylic acids is 4. The zero-order valence-corrected chi connectivity index (χ0v) is 22.9. The first-order chi connectivity index (χ1) is 16.1. The summed E-state index contributed by atoms with van der Waals surface area (Å²) in [5, 5.41) is 32.6. The van der Waals surface area contributed by atoms with Gasteiger partial charge in [0.1, 0.15) is 0 Å². The predicted octanol–water partition coefficient (Wildman–Crippen LogP) is -0.299. The summed E-state index contributed by atoms with van der Waals surface area (Å²) in [5.74, 6) is -1.96. The van der Waals surface area contributed by atoms with Crippen molar-refractivity contribution in [3.05, 3.63) is 0 Å². The van der Waals surface area contributed by atoms with E-state index in [1.807, 2.05) is 41.5 Å². The number of hydrogen-bond acceptors (Lipinski definition) is 8. The van der Waals surface area contributed by atoms with Crippen LogP contribution in [-0.2, 0) is 19.2 Å². The van der Waals surface area contributed by atoms with E-state index >= 15 is 0 Å².